The Bertz CT molecular complexity index is 2500. The average molecular weight is 753 g/mol. The molecule has 1 aliphatic carbocycles. The Morgan fingerprint density at radius 2 is 1.29 bits per heavy atom. The first-order valence-corrected chi connectivity index (χ1v) is 19.5. The summed E-state index contributed by atoms with van der Waals surface area (Å²) < 4.78 is 51.1. The Hall–Kier alpha value is -6.11. The van der Waals surface area contributed by atoms with E-state index in [1.54, 1.807) is 36.5 Å². The summed E-state index contributed by atoms with van der Waals surface area (Å²) in [7, 11) is 0.569. The van der Waals surface area contributed by atoms with E-state index in [9.17, 15) is 0 Å². The molecule has 55 heavy (non-hydrogen) atoms. The molecule has 0 spiro atoms. The van der Waals surface area contributed by atoms with Crippen LogP contribution in [0.3, 0.4) is 0 Å². The van der Waals surface area contributed by atoms with Crippen molar-refractivity contribution in [2.75, 3.05) is 21.3 Å². The van der Waals surface area contributed by atoms with Crippen LogP contribution in [0.5, 0.6) is 17.2 Å². The zero-order chi connectivity index (χ0) is 37.9. The highest BCUT2D eigenvalue weighted by Gasteiger charge is 2.39. The normalized spacial score (nSPS) is 12.9. The van der Waals surface area contributed by atoms with Crippen molar-refractivity contribution in [3.05, 3.63) is 144 Å². The van der Waals surface area contributed by atoms with Gasteiger partial charge in [-0.25, -0.2) is 13.1 Å². The molecule has 11 nitrogen and oxygen atoms in total. The van der Waals surface area contributed by atoms with Crippen molar-refractivity contribution < 1.29 is 22.6 Å². The quantitative estimate of drug-likeness (QED) is 0.109. The second-order valence-corrected chi connectivity index (χ2v) is 15.4. The van der Waals surface area contributed by atoms with Crippen LogP contribution in [-0.4, -0.2) is 59.2 Å². The van der Waals surface area contributed by atoms with Crippen LogP contribution in [0.15, 0.2) is 126 Å². The summed E-state index contributed by atoms with van der Waals surface area (Å²) in [5.41, 5.74) is 6.07. The number of fused-ring (bicyclic) bond motifs is 1. The van der Waals surface area contributed by atoms with Gasteiger partial charge < -0.3 is 14.2 Å². The molecule has 12 heteroatoms. The molecule has 8 rings (SSSR count). The number of nitrogens with zero attached hydrogens (tertiary/aromatic N) is 6. The number of methoxy groups -OCH3 is 3. The lowest BCUT2D eigenvalue weighted by atomic mass is 9.93. The van der Waals surface area contributed by atoms with Crippen LogP contribution in [0.4, 0.5) is 0 Å². The number of sulfonamides is 1. The lowest BCUT2D eigenvalue weighted by Gasteiger charge is -2.27. The lowest BCUT2D eigenvalue weighted by molar-refractivity contribution is 0.397. The van der Waals surface area contributed by atoms with Gasteiger partial charge in [0, 0.05) is 30.2 Å². The van der Waals surface area contributed by atoms with Crippen LogP contribution in [0.2, 0.25) is 0 Å². The molecule has 0 amide bonds. The number of ether oxygens (including phenoxy) is 3. The number of rotatable bonds is 14. The van der Waals surface area contributed by atoms with E-state index in [2.05, 4.69) is 20.5 Å². The molecule has 1 aliphatic rings. The van der Waals surface area contributed by atoms with Crippen molar-refractivity contribution in [1.29, 1.82) is 0 Å². The van der Waals surface area contributed by atoms with Gasteiger partial charge in [-0.2, -0.15) is 4.31 Å². The Morgan fingerprint density at radius 1 is 0.691 bits per heavy atom. The van der Waals surface area contributed by atoms with Crippen LogP contribution in [0.25, 0.3) is 33.4 Å². The van der Waals surface area contributed by atoms with E-state index in [0.29, 0.717) is 35.0 Å². The van der Waals surface area contributed by atoms with Gasteiger partial charge in [-0.05, 0) is 111 Å². The van der Waals surface area contributed by atoms with E-state index in [1.807, 2.05) is 115 Å². The fourth-order valence-corrected chi connectivity index (χ4v) is 8.88. The second-order valence-electron chi connectivity index (χ2n) is 13.5. The number of aromatic nitrogens is 5. The first-order chi connectivity index (χ1) is 26.9. The summed E-state index contributed by atoms with van der Waals surface area (Å²) in [6.45, 7) is 0.527. The first-order valence-electron chi connectivity index (χ1n) is 18.0. The van der Waals surface area contributed by atoms with Gasteiger partial charge in [0.2, 0.25) is 10.0 Å². The zero-order valence-electron chi connectivity index (χ0n) is 30.8. The third-order valence-corrected chi connectivity index (χ3v) is 11.9. The molecule has 1 saturated carbocycles. The molecule has 278 valence electrons. The molecular formula is C43H40N6O5S. The van der Waals surface area contributed by atoms with Gasteiger partial charge in [0.05, 0.1) is 38.3 Å². The largest absolute Gasteiger partial charge is 0.497 e. The monoisotopic (exact) mass is 752 g/mol. The molecule has 0 saturated heterocycles. The predicted octanol–water partition coefficient (Wildman–Crippen LogP) is 7.90. The van der Waals surface area contributed by atoms with E-state index in [1.165, 1.54) is 0 Å². The molecular weight excluding hydrogens is 713 g/mol. The number of pyridine rings is 1. The van der Waals surface area contributed by atoms with Crippen molar-refractivity contribution in [1.82, 2.24) is 29.5 Å². The van der Waals surface area contributed by atoms with E-state index in [-0.39, 0.29) is 23.9 Å². The van der Waals surface area contributed by atoms with E-state index < -0.39 is 10.0 Å². The smallest absolute Gasteiger partial charge is 0.244 e. The molecule has 7 aromatic rings. The number of benzene rings is 5. The minimum absolute atomic E-state index is 0.0708. The van der Waals surface area contributed by atoms with Gasteiger partial charge in [-0.15, -0.1) is 5.10 Å². The predicted molar refractivity (Wildman–Crippen MR) is 210 cm³/mol. The van der Waals surface area contributed by atoms with Crippen molar-refractivity contribution >= 4 is 20.9 Å². The van der Waals surface area contributed by atoms with E-state index in [0.717, 1.165) is 57.3 Å². The van der Waals surface area contributed by atoms with Crippen molar-refractivity contribution in [3.8, 4) is 39.8 Å². The molecule has 0 bridgehead atoms. The molecule has 2 heterocycles. The number of hydrogen-bond acceptors (Lipinski definition) is 9. The fourth-order valence-electron chi connectivity index (χ4n) is 7.00. The van der Waals surface area contributed by atoms with Crippen molar-refractivity contribution in [3.63, 3.8) is 0 Å². The van der Waals surface area contributed by atoms with Gasteiger partial charge in [0.25, 0.3) is 0 Å². The van der Waals surface area contributed by atoms with Gasteiger partial charge in [0.1, 0.15) is 17.2 Å². The zero-order valence-corrected chi connectivity index (χ0v) is 31.6. The Morgan fingerprint density at radius 3 is 1.87 bits per heavy atom. The van der Waals surface area contributed by atoms with Crippen LogP contribution in [0.1, 0.15) is 41.0 Å². The maximum absolute atomic E-state index is 15.8. The third kappa shape index (κ3) is 7.38. The molecule has 1 fully saturated rings. The first kappa shape index (κ1) is 35.9. The van der Waals surface area contributed by atoms with Gasteiger partial charge in [-0.1, -0.05) is 66.7 Å². The number of tetrazole rings is 1. The van der Waals surface area contributed by atoms with Crippen LogP contribution >= 0.6 is 0 Å². The average Bonchev–Trinajstić information content (AvgIpc) is 3.98. The van der Waals surface area contributed by atoms with E-state index >= 15 is 8.42 Å². The molecule has 2 aromatic heterocycles. The van der Waals surface area contributed by atoms with Gasteiger partial charge >= 0.3 is 0 Å². The highest BCUT2D eigenvalue weighted by molar-refractivity contribution is 7.89. The standard InChI is InChI=1S/C43H40N6O5S/c1-52-33-17-9-29(10-18-33)26-48(27-30-11-19-34(53-2)20-12-30)55(50,51)42-36(32-15-16-32)23-24-39(37-6-4-8-40-38(37)7-5-25-44-40)41(42)43-45-46-47-49(43)28-31-13-21-35(54-3)22-14-31/h4-14,17-25,32H,15-16,26-28H2,1-3H3. The van der Waals surface area contributed by atoms with Crippen molar-refractivity contribution in [2.45, 2.75) is 43.3 Å². The lowest BCUT2D eigenvalue weighted by Crippen LogP contribution is -2.31. The molecule has 0 N–H and O–H groups in total. The Kier molecular flexibility index (Phi) is 10.0. The molecule has 5 aromatic carbocycles. The minimum Gasteiger partial charge on any atom is -0.497 e. The van der Waals surface area contributed by atoms with Gasteiger partial charge in [-0.3, -0.25) is 4.98 Å². The van der Waals surface area contributed by atoms with Crippen LogP contribution in [-0.2, 0) is 29.7 Å². The Labute approximate surface area is 320 Å². The topological polar surface area (TPSA) is 122 Å². The highest BCUT2D eigenvalue weighted by atomic mass is 32.2. The summed E-state index contributed by atoms with van der Waals surface area (Å²) in [6, 6.07) is 36.4. The Balaban J connectivity index is 1.36. The molecule has 0 unspecified atom stereocenters. The summed E-state index contributed by atoms with van der Waals surface area (Å²) in [6.07, 6.45) is 3.52. The summed E-state index contributed by atoms with van der Waals surface area (Å²) in [5.74, 6) is 2.52. The van der Waals surface area contributed by atoms with Crippen LogP contribution < -0.4 is 14.2 Å². The number of hydrogen-bond donors (Lipinski definition) is 0. The molecule has 0 atom stereocenters. The second kappa shape index (κ2) is 15.3. The minimum atomic E-state index is -4.27. The molecule has 0 aliphatic heterocycles. The summed E-state index contributed by atoms with van der Waals surface area (Å²) in [4.78, 5) is 4.83. The maximum Gasteiger partial charge on any atom is 0.244 e. The van der Waals surface area contributed by atoms with Crippen molar-refractivity contribution in [2.24, 2.45) is 0 Å². The highest BCUT2D eigenvalue weighted by Crippen LogP contribution is 2.49. The maximum atomic E-state index is 15.8. The van der Waals surface area contributed by atoms with Gasteiger partial charge in [0.15, 0.2) is 5.82 Å². The summed E-state index contributed by atoms with van der Waals surface area (Å²) >= 11 is 0. The third-order valence-electron chi connectivity index (χ3n) is 10.0. The summed E-state index contributed by atoms with van der Waals surface area (Å²) in [5, 5.41) is 14.1. The van der Waals surface area contributed by atoms with E-state index in [4.69, 9.17) is 14.2 Å². The van der Waals surface area contributed by atoms with Crippen LogP contribution in [0, 0.1) is 0 Å². The SMILES string of the molecule is COc1ccc(CN(Cc2ccc(OC)cc2)S(=O)(=O)c2c(C3CC3)ccc(-c3cccc4ncccc34)c2-c2nnnn2Cc2ccc(OC)cc2)cc1. The molecule has 0 radical (unpaired) electrons. The fraction of sp³-hybridized carbons (Fsp3) is 0.209.